The molecule has 0 aromatic carbocycles. The molecule has 2 unspecified atom stereocenters. The molecule has 2 fully saturated rings. The van der Waals surface area contributed by atoms with Crippen molar-refractivity contribution >= 4 is 5.91 Å². The van der Waals surface area contributed by atoms with E-state index < -0.39 is 0 Å². The first-order valence-corrected chi connectivity index (χ1v) is 6.16. The number of carbonyl (C=O) groups excluding carboxylic acids is 1. The average Bonchev–Trinajstić information content (AvgIpc) is 3.11. The quantitative estimate of drug-likeness (QED) is 0.763. The molecule has 86 valence electrons. The predicted molar refractivity (Wildman–Crippen MR) is 60.6 cm³/mol. The van der Waals surface area contributed by atoms with E-state index in [1.54, 1.807) is 0 Å². The van der Waals surface area contributed by atoms with E-state index in [2.05, 4.69) is 5.32 Å². The van der Waals surface area contributed by atoms with Gasteiger partial charge in [0.1, 0.15) is 0 Å². The molecule has 0 saturated heterocycles. The van der Waals surface area contributed by atoms with Crippen molar-refractivity contribution in [1.82, 2.24) is 10.2 Å². The third-order valence-electron chi connectivity index (χ3n) is 3.87. The van der Waals surface area contributed by atoms with Crippen LogP contribution in [0.25, 0.3) is 0 Å². The van der Waals surface area contributed by atoms with Crippen LogP contribution in [-0.2, 0) is 4.79 Å². The van der Waals surface area contributed by atoms with Crippen LogP contribution >= 0.6 is 0 Å². The Bertz CT molecular complexity index is 238. The molecule has 1 N–H and O–H groups in total. The summed E-state index contributed by atoms with van der Waals surface area (Å²) in [5.74, 6) is 0.666. The maximum absolute atomic E-state index is 12.1. The molecule has 0 aromatic heterocycles. The summed E-state index contributed by atoms with van der Waals surface area (Å²) in [4.78, 5) is 14.1. The molecule has 0 spiro atoms. The van der Waals surface area contributed by atoms with Gasteiger partial charge in [-0.25, -0.2) is 0 Å². The van der Waals surface area contributed by atoms with Crippen LogP contribution in [0.3, 0.4) is 0 Å². The topological polar surface area (TPSA) is 32.3 Å². The number of hydrogen-bond donors (Lipinski definition) is 1. The Labute approximate surface area is 92.2 Å². The second-order valence-corrected chi connectivity index (χ2v) is 5.03. The number of amides is 1. The van der Waals surface area contributed by atoms with E-state index in [-0.39, 0.29) is 5.92 Å². The lowest BCUT2D eigenvalue weighted by Gasteiger charge is -2.31. The summed E-state index contributed by atoms with van der Waals surface area (Å²) in [6.45, 7) is 0. The van der Waals surface area contributed by atoms with Gasteiger partial charge < -0.3 is 10.2 Å². The first-order valence-electron chi connectivity index (χ1n) is 6.16. The Balaban J connectivity index is 1.88. The van der Waals surface area contributed by atoms with Crippen LogP contribution in [0.2, 0.25) is 0 Å². The molecule has 15 heavy (non-hydrogen) atoms. The smallest absolute Gasteiger partial charge is 0.225 e. The summed E-state index contributed by atoms with van der Waals surface area (Å²) in [5.41, 5.74) is 0. The molecule has 0 heterocycles. The number of rotatable bonds is 3. The minimum absolute atomic E-state index is 0.279. The lowest BCUT2D eigenvalue weighted by molar-refractivity contribution is -0.136. The molecule has 0 bridgehead atoms. The number of nitrogens with zero attached hydrogens (tertiary/aromatic N) is 1. The van der Waals surface area contributed by atoms with Crippen molar-refractivity contribution in [2.24, 2.45) is 5.92 Å². The van der Waals surface area contributed by atoms with Gasteiger partial charge in [-0.1, -0.05) is 6.42 Å². The van der Waals surface area contributed by atoms with E-state index >= 15 is 0 Å². The van der Waals surface area contributed by atoms with E-state index in [4.69, 9.17) is 0 Å². The Morgan fingerprint density at radius 3 is 2.60 bits per heavy atom. The highest BCUT2D eigenvalue weighted by Gasteiger charge is 2.35. The summed E-state index contributed by atoms with van der Waals surface area (Å²) in [6.07, 6.45) is 6.98. The van der Waals surface area contributed by atoms with Crippen molar-refractivity contribution in [3.8, 4) is 0 Å². The SMILES string of the molecule is CNC1CCCC(C(=O)N(C)C2CC2)C1. The van der Waals surface area contributed by atoms with Gasteiger partial charge in [-0.2, -0.15) is 0 Å². The van der Waals surface area contributed by atoms with Crippen molar-refractivity contribution in [1.29, 1.82) is 0 Å². The Kier molecular flexibility index (Phi) is 3.29. The zero-order chi connectivity index (χ0) is 10.8. The highest BCUT2D eigenvalue weighted by atomic mass is 16.2. The standard InChI is InChI=1S/C12H22N2O/c1-13-10-5-3-4-9(8-10)12(15)14(2)11-6-7-11/h9-11,13H,3-8H2,1-2H3. The molecule has 0 radical (unpaired) electrons. The zero-order valence-electron chi connectivity index (χ0n) is 9.83. The van der Waals surface area contributed by atoms with Gasteiger partial charge in [0.15, 0.2) is 0 Å². The highest BCUT2D eigenvalue weighted by molar-refractivity contribution is 5.79. The van der Waals surface area contributed by atoms with Gasteiger partial charge in [0.05, 0.1) is 0 Å². The summed E-state index contributed by atoms with van der Waals surface area (Å²) in [7, 11) is 3.98. The van der Waals surface area contributed by atoms with Crippen molar-refractivity contribution in [3.05, 3.63) is 0 Å². The van der Waals surface area contributed by atoms with E-state index in [1.165, 1.54) is 25.7 Å². The van der Waals surface area contributed by atoms with Crippen LogP contribution in [0.1, 0.15) is 38.5 Å². The molecule has 3 heteroatoms. The highest BCUT2D eigenvalue weighted by Crippen LogP contribution is 2.31. The molecule has 2 aliphatic rings. The minimum atomic E-state index is 0.279. The largest absolute Gasteiger partial charge is 0.343 e. The number of nitrogens with one attached hydrogen (secondary N) is 1. The molecule has 2 aliphatic carbocycles. The van der Waals surface area contributed by atoms with Gasteiger partial charge in [-0.15, -0.1) is 0 Å². The molecule has 3 nitrogen and oxygen atoms in total. The first kappa shape index (κ1) is 10.9. The molecule has 1 amide bonds. The van der Waals surface area contributed by atoms with Gasteiger partial charge in [-0.3, -0.25) is 4.79 Å². The number of carbonyl (C=O) groups is 1. The number of hydrogen-bond acceptors (Lipinski definition) is 2. The Morgan fingerprint density at radius 2 is 2.00 bits per heavy atom. The van der Waals surface area contributed by atoms with Crippen LogP contribution < -0.4 is 5.32 Å². The molecule has 0 aromatic rings. The maximum Gasteiger partial charge on any atom is 0.225 e. The fourth-order valence-electron chi connectivity index (χ4n) is 2.61. The van der Waals surface area contributed by atoms with Crippen LogP contribution in [0.4, 0.5) is 0 Å². The van der Waals surface area contributed by atoms with Crippen LogP contribution in [0, 0.1) is 5.92 Å². The normalized spacial score (nSPS) is 31.3. The van der Waals surface area contributed by atoms with Gasteiger partial charge >= 0.3 is 0 Å². The first-order chi connectivity index (χ1) is 7.22. The fourth-order valence-corrected chi connectivity index (χ4v) is 2.61. The van der Waals surface area contributed by atoms with Crippen molar-refractivity contribution < 1.29 is 4.79 Å². The molecule has 0 aliphatic heterocycles. The Hall–Kier alpha value is -0.570. The van der Waals surface area contributed by atoms with Crippen LogP contribution in [0.15, 0.2) is 0 Å². The van der Waals surface area contributed by atoms with Crippen LogP contribution in [-0.4, -0.2) is 37.0 Å². The van der Waals surface area contributed by atoms with E-state index in [9.17, 15) is 4.79 Å². The second-order valence-electron chi connectivity index (χ2n) is 5.03. The Morgan fingerprint density at radius 1 is 1.27 bits per heavy atom. The van der Waals surface area contributed by atoms with Crippen molar-refractivity contribution in [3.63, 3.8) is 0 Å². The minimum Gasteiger partial charge on any atom is -0.343 e. The van der Waals surface area contributed by atoms with E-state index in [1.807, 2.05) is 19.0 Å². The van der Waals surface area contributed by atoms with Crippen LogP contribution in [0.5, 0.6) is 0 Å². The van der Waals surface area contributed by atoms with Gasteiger partial charge in [0.2, 0.25) is 5.91 Å². The lowest BCUT2D eigenvalue weighted by Crippen LogP contribution is -2.40. The van der Waals surface area contributed by atoms with Crippen molar-refractivity contribution in [2.75, 3.05) is 14.1 Å². The lowest BCUT2D eigenvalue weighted by atomic mass is 9.85. The summed E-state index contributed by atoms with van der Waals surface area (Å²) in [6, 6.07) is 1.12. The van der Waals surface area contributed by atoms with Gasteiger partial charge in [-0.05, 0) is 39.2 Å². The zero-order valence-corrected chi connectivity index (χ0v) is 9.83. The molecule has 2 saturated carbocycles. The molecular formula is C12H22N2O. The summed E-state index contributed by atoms with van der Waals surface area (Å²) >= 11 is 0. The maximum atomic E-state index is 12.1. The van der Waals surface area contributed by atoms with Gasteiger partial charge in [0.25, 0.3) is 0 Å². The average molecular weight is 210 g/mol. The predicted octanol–water partition coefficient (Wildman–Crippen LogP) is 1.39. The second kappa shape index (κ2) is 4.52. The summed E-state index contributed by atoms with van der Waals surface area (Å²) in [5, 5.41) is 3.30. The fraction of sp³-hybridized carbons (Fsp3) is 0.917. The third kappa shape index (κ3) is 2.51. The summed E-state index contributed by atoms with van der Waals surface area (Å²) < 4.78 is 0. The monoisotopic (exact) mass is 210 g/mol. The van der Waals surface area contributed by atoms with E-state index in [0.29, 0.717) is 18.0 Å². The third-order valence-corrected chi connectivity index (χ3v) is 3.87. The molecule has 2 atom stereocenters. The molecule has 2 rings (SSSR count). The van der Waals surface area contributed by atoms with E-state index in [0.717, 1.165) is 12.8 Å². The van der Waals surface area contributed by atoms with Crippen molar-refractivity contribution in [2.45, 2.75) is 50.6 Å². The molecular weight excluding hydrogens is 188 g/mol. The van der Waals surface area contributed by atoms with Gasteiger partial charge in [0, 0.05) is 25.0 Å².